The maximum absolute atomic E-state index is 14.3. The van der Waals surface area contributed by atoms with E-state index in [1.807, 2.05) is 13.8 Å². The number of hydrogen-bond acceptors (Lipinski definition) is 4. The highest BCUT2D eigenvalue weighted by Crippen LogP contribution is 2.30. The van der Waals surface area contributed by atoms with E-state index in [0.717, 1.165) is 29.3 Å². The summed E-state index contributed by atoms with van der Waals surface area (Å²) in [6, 6.07) is 1.64. The van der Waals surface area contributed by atoms with E-state index in [-0.39, 0.29) is 42.0 Å². The Balaban J connectivity index is 1.77. The number of aromatic nitrogens is 2. The van der Waals surface area contributed by atoms with Gasteiger partial charge in [-0.05, 0) is 24.1 Å². The lowest BCUT2D eigenvalue weighted by Crippen LogP contribution is -2.41. The van der Waals surface area contributed by atoms with Crippen molar-refractivity contribution in [1.29, 1.82) is 0 Å². The fraction of sp³-hybridized carbons (Fsp3) is 0.400. The van der Waals surface area contributed by atoms with Gasteiger partial charge in [-0.1, -0.05) is 25.4 Å². The number of Topliss-reactive ketones (excluding diaryl/α,β-unsaturated/α-hetero) is 1. The van der Waals surface area contributed by atoms with Gasteiger partial charge in [-0.3, -0.25) is 14.7 Å². The Morgan fingerprint density at radius 1 is 1.29 bits per heavy atom. The van der Waals surface area contributed by atoms with E-state index in [2.05, 4.69) is 9.97 Å². The van der Waals surface area contributed by atoms with E-state index in [9.17, 15) is 27.2 Å². The van der Waals surface area contributed by atoms with Gasteiger partial charge in [-0.2, -0.15) is 13.2 Å². The molecule has 1 atom stereocenters. The summed E-state index contributed by atoms with van der Waals surface area (Å²) in [6.07, 6.45) is -2.72. The van der Waals surface area contributed by atoms with Gasteiger partial charge < -0.3 is 4.90 Å². The van der Waals surface area contributed by atoms with Crippen LogP contribution in [0.15, 0.2) is 30.6 Å². The molecule has 0 aromatic carbocycles. The fourth-order valence-corrected chi connectivity index (χ4v) is 3.54. The van der Waals surface area contributed by atoms with E-state index < -0.39 is 35.4 Å². The number of rotatable bonds is 6. The number of nitrogens with zero attached hydrogens (tertiary/aromatic N) is 4. The number of ketones is 1. The van der Waals surface area contributed by atoms with Gasteiger partial charge in [0.15, 0.2) is 17.4 Å². The molecule has 2 aromatic rings. The molecule has 0 radical (unpaired) electrons. The maximum atomic E-state index is 14.3. The molecule has 1 saturated heterocycles. The molecule has 2 aromatic heterocycles. The van der Waals surface area contributed by atoms with Crippen LogP contribution in [0.3, 0.4) is 0 Å². The van der Waals surface area contributed by atoms with Gasteiger partial charge in [0.1, 0.15) is 0 Å². The van der Waals surface area contributed by atoms with Crippen LogP contribution in [-0.2, 0) is 17.4 Å². The van der Waals surface area contributed by atoms with Gasteiger partial charge >= 0.3 is 12.2 Å². The third-order valence-corrected chi connectivity index (χ3v) is 5.14. The fourth-order valence-electron chi connectivity index (χ4n) is 3.40. The number of pyridine rings is 2. The largest absolute Gasteiger partial charge is 0.416 e. The van der Waals surface area contributed by atoms with E-state index in [1.165, 1.54) is 11.1 Å². The summed E-state index contributed by atoms with van der Waals surface area (Å²) in [5.41, 5.74) is -0.951. The first kappa shape index (κ1) is 22.9. The molecule has 11 heteroatoms. The number of amides is 2. The summed E-state index contributed by atoms with van der Waals surface area (Å²) >= 11 is 5.72. The zero-order chi connectivity index (χ0) is 22.9. The van der Waals surface area contributed by atoms with Crippen molar-refractivity contribution < 1.29 is 27.2 Å². The average molecular weight is 459 g/mol. The summed E-state index contributed by atoms with van der Waals surface area (Å²) in [6.45, 7) is 3.46. The van der Waals surface area contributed by atoms with Crippen LogP contribution in [0.25, 0.3) is 0 Å². The second-order valence-electron chi connectivity index (χ2n) is 7.54. The number of hydrogen-bond donors (Lipinski definition) is 0. The monoisotopic (exact) mass is 458 g/mol. The Kier molecular flexibility index (Phi) is 6.49. The highest BCUT2D eigenvalue weighted by Gasteiger charge is 2.41. The third kappa shape index (κ3) is 5.12. The number of halogens is 5. The molecule has 0 unspecified atom stereocenters. The van der Waals surface area contributed by atoms with E-state index in [4.69, 9.17) is 11.6 Å². The van der Waals surface area contributed by atoms with Crippen molar-refractivity contribution in [2.45, 2.75) is 32.5 Å². The summed E-state index contributed by atoms with van der Waals surface area (Å²) in [5, 5.41) is 0.0777. The minimum absolute atomic E-state index is 0.0464. The van der Waals surface area contributed by atoms with Crippen LogP contribution in [0, 0.1) is 11.7 Å². The molecular formula is C20H19ClF4N4O2. The average Bonchev–Trinajstić information content (AvgIpc) is 2.98. The minimum atomic E-state index is -4.55. The Morgan fingerprint density at radius 2 is 2.00 bits per heavy atom. The highest BCUT2D eigenvalue weighted by atomic mass is 35.5. The molecule has 166 valence electrons. The van der Waals surface area contributed by atoms with Crippen molar-refractivity contribution in [3.05, 3.63) is 52.7 Å². The molecule has 1 fully saturated rings. The van der Waals surface area contributed by atoms with Crippen molar-refractivity contribution in [3.63, 3.8) is 0 Å². The van der Waals surface area contributed by atoms with Crippen LogP contribution in [0.5, 0.6) is 0 Å². The van der Waals surface area contributed by atoms with Crippen molar-refractivity contribution in [3.8, 4) is 0 Å². The van der Waals surface area contributed by atoms with Crippen molar-refractivity contribution in [2.24, 2.45) is 5.92 Å². The van der Waals surface area contributed by atoms with E-state index in [1.54, 1.807) is 0 Å². The lowest BCUT2D eigenvalue weighted by atomic mass is 10.0. The number of urea groups is 1. The number of carbonyl (C=O) groups is 2. The lowest BCUT2D eigenvalue weighted by Gasteiger charge is -2.25. The Morgan fingerprint density at radius 3 is 2.61 bits per heavy atom. The molecule has 1 aliphatic rings. The topological polar surface area (TPSA) is 66.4 Å². The summed E-state index contributed by atoms with van der Waals surface area (Å²) in [4.78, 5) is 35.6. The molecule has 0 aliphatic carbocycles. The molecule has 0 N–H and O–H groups in total. The van der Waals surface area contributed by atoms with Crippen LogP contribution >= 0.6 is 11.6 Å². The van der Waals surface area contributed by atoms with Crippen molar-refractivity contribution >= 4 is 29.2 Å². The SMILES string of the molecule is CC(C)[C@H]1CN(c2ncc(Cl)cc2F)C(=O)N1CC(=O)Cc1cc(C(F)(F)F)ccn1. The van der Waals surface area contributed by atoms with Crippen molar-refractivity contribution in [2.75, 3.05) is 18.0 Å². The first-order chi connectivity index (χ1) is 14.5. The number of carbonyl (C=O) groups excluding carboxylic acids is 2. The van der Waals surface area contributed by atoms with Crippen molar-refractivity contribution in [1.82, 2.24) is 14.9 Å². The van der Waals surface area contributed by atoms with Gasteiger partial charge in [-0.25, -0.2) is 14.2 Å². The van der Waals surface area contributed by atoms with Gasteiger partial charge in [0.05, 0.1) is 36.1 Å². The predicted molar refractivity (Wildman–Crippen MR) is 105 cm³/mol. The van der Waals surface area contributed by atoms with Gasteiger partial charge in [0.25, 0.3) is 0 Å². The molecule has 0 saturated carbocycles. The quantitative estimate of drug-likeness (QED) is 0.603. The van der Waals surface area contributed by atoms with Gasteiger partial charge in [0.2, 0.25) is 0 Å². The molecular weight excluding hydrogens is 440 g/mol. The van der Waals surface area contributed by atoms with E-state index in [0.29, 0.717) is 0 Å². The van der Waals surface area contributed by atoms with Crippen LogP contribution in [0.1, 0.15) is 25.1 Å². The second-order valence-corrected chi connectivity index (χ2v) is 7.98. The standard InChI is InChI=1S/C20H19ClF4N4O2/c1-11(2)17-10-29(18-16(22)6-13(21)8-27-18)19(31)28(17)9-15(30)7-14-5-12(3-4-26-14)20(23,24)25/h3-6,8,11,17H,7,9-10H2,1-2H3/t17-/m1/s1. The van der Waals surface area contributed by atoms with Crippen LogP contribution in [0.2, 0.25) is 5.02 Å². The molecule has 31 heavy (non-hydrogen) atoms. The third-order valence-electron chi connectivity index (χ3n) is 4.93. The predicted octanol–water partition coefficient (Wildman–Crippen LogP) is 4.37. The van der Waals surface area contributed by atoms with Crippen LogP contribution < -0.4 is 4.90 Å². The Bertz CT molecular complexity index is 999. The van der Waals surface area contributed by atoms with E-state index >= 15 is 0 Å². The number of anilines is 1. The lowest BCUT2D eigenvalue weighted by molar-refractivity contribution is -0.137. The summed E-state index contributed by atoms with van der Waals surface area (Å²) in [5.74, 6) is -1.53. The molecule has 3 heterocycles. The Hall–Kier alpha value is -2.75. The summed E-state index contributed by atoms with van der Waals surface area (Å²) < 4.78 is 52.9. The molecule has 3 rings (SSSR count). The smallest absolute Gasteiger partial charge is 0.312 e. The molecule has 0 spiro atoms. The zero-order valence-electron chi connectivity index (χ0n) is 16.7. The highest BCUT2D eigenvalue weighted by molar-refractivity contribution is 6.30. The molecule has 2 amide bonds. The van der Waals surface area contributed by atoms with Gasteiger partial charge in [-0.15, -0.1) is 0 Å². The normalized spacial score (nSPS) is 17.0. The molecule has 6 nitrogen and oxygen atoms in total. The maximum Gasteiger partial charge on any atom is 0.416 e. The van der Waals surface area contributed by atoms with Crippen LogP contribution in [0.4, 0.5) is 28.2 Å². The first-order valence-corrected chi connectivity index (χ1v) is 9.78. The van der Waals surface area contributed by atoms with Gasteiger partial charge in [0, 0.05) is 18.1 Å². The first-order valence-electron chi connectivity index (χ1n) is 9.40. The molecule has 1 aliphatic heterocycles. The minimum Gasteiger partial charge on any atom is -0.312 e. The molecule has 0 bridgehead atoms. The zero-order valence-corrected chi connectivity index (χ0v) is 17.4. The summed E-state index contributed by atoms with van der Waals surface area (Å²) in [7, 11) is 0. The van der Waals surface area contributed by atoms with Crippen LogP contribution in [-0.4, -0.2) is 45.8 Å². The Labute approximate surface area is 180 Å². The number of alkyl halides is 3. The second kappa shape index (κ2) is 8.78.